The topological polar surface area (TPSA) is 38.8 Å². The Hall–Kier alpha value is -1.13. The van der Waals surface area contributed by atoms with Crippen molar-refractivity contribution >= 4 is 5.97 Å². The minimum atomic E-state index is -0.0639. The van der Waals surface area contributed by atoms with Crippen LogP contribution in [0, 0.1) is 5.92 Å². The normalized spacial score (nSPS) is 19.2. The number of hydrogen-bond acceptors (Lipinski definition) is 4. The van der Waals surface area contributed by atoms with Gasteiger partial charge >= 0.3 is 5.97 Å². The van der Waals surface area contributed by atoms with Gasteiger partial charge in [-0.15, -0.1) is 0 Å². The molecule has 0 spiro atoms. The van der Waals surface area contributed by atoms with Crippen LogP contribution in [0.4, 0.5) is 0 Å². The van der Waals surface area contributed by atoms with Crippen molar-refractivity contribution in [2.45, 2.75) is 103 Å². The number of carbonyl (C=O) groups excluding carboxylic acids is 1. The second-order valence-electron chi connectivity index (χ2n) is 9.31. The Morgan fingerprint density at radius 3 is 2.35 bits per heavy atom. The standard InChI is InChI=1S/C27H49NO3/c1-4-5-6-7-8-9-10-11-12-13-14-15-16-17-18-19-27(29)31-24-26-22-25(23-30-26)20-21-28(2)3/h8-9,11-12,25-26H,4-7,10,13-24H2,1-3H3/b9-8-,12-11-. The number of hydrogen-bond donors (Lipinski definition) is 0. The molecular formula is C27H49NO3. The third-order valence-corrected chi connectivity index (χ3v) is 5.91. The van der Waals surface area contributed by atoms with Gasteiger partial charge in [-0.2, -0.15) is 0 Å². The lowest BCUT2D eigenvalue weighted by Gasteiger charge is -2.13. The maximum Gasteiger partial charge on any atom is 0.305 e. The zero-order chi connectivity index (χ0) is 22.6. The minimum absolute atomic E-state index is 0.0639. The highest BCUT2D eigenvalue weighted by molar-refractivity contribution is 5.69. The summed E-state index contributed by atoms with van der Waals surface area (Å²) in [4.78, 5) is 14.1. The first-order valence-electron chi connectivity index (χ1n) is 12.8. The number of carbonyl (C=O) groups is 1. The summed E-state index contributed by atoms with van der Waals surface area (Å²) in [5, 5.41) is 0. The van der Waals surface area contributed by atoms with Crippen LogP contribution in [0.3, 0.4) is 0 Å². The van der Waals surface area contributed by atoms with Crippen molar-refractivity contribution in [1.29, 1.82) is 0 Å². The predicted octanol–water partition coefficient (Wildman–Crippen LogP) is 6.70. The molecule has 0 aromatic carbocycles. The Balaban J connectivity index is 1.87. The van der Waals surface area contributed by atoms with Crippen LogP contribution in [0.2, 0.25) is 0 Å². The summed E-state index contributed by atoms with van der Waals surface area (Å²) in [6, 6.07) is 0. The highest BCUT2D eigenvalue weighted by Crippen LogP contribution is 2.23. The van der Waals surface area contributed by atoms with Crippen molar-refractivity contribution in [3.63, 3.8) is 0 Å². The molecule has 1 heterocycles. The van der Waals surface area contributed by atoms with Crippen LogP contribution in [0.1, 0.15) is 96.8 Å². The van der Waals surface area contributed by atoms with Gasteiger partial charge in [-0.1, -0.05) is 63.3 Å². The van der Waals surface area contributed by atoms with Crippen molar-refractivity contribution < 1.29 is 14.3 Å². The minimum Gasteiger partial charge on any atom is -0.463 e. The van der Waals surface area contributed by atoms with Gasteiger partial charge in [0.2, 0.25) is 0 Å². The average Bonchev–Trinajstić information content (AvgIpc) is 3.21. The van der Waals surface area contributed by atoms with Gasteiger partial charge in [-0.3, -0.25) is 4.79 Å². The molecule has 2 atom stereocenters. The maximum absolute atomic E-state index is 11.9. The first-order valence-corrected chi connectivity index (χ1v) is 12.8. The van der Waals surface area contributed by atoms with E-state index in [2.05, 4.69) is 50.2 Å². The van der Waals surface area contributed by atoms with Gasteiger partial charge in [0, 0.05) is 6.42 Å². The van der Waals surface area contributed by atoms with Crippen LogP contribution in [-0.2, 0) is 14.3 Å². The number of rotatable bonds is 19. The zero-order valence-electron chi connectivity index (χ0n) is 20.7. The van der Waals surface area contributed by atoms with E-state index < -0.39 is 0 Å². The van der Waals surface area contributed by atoms with Crippen LogP contribution >= 0.6 is 0 Å². The second-order valence-corrected chi connectivity index (χ2v) is 9.31. The van der Waals surface area contributed by atoms with E-state index in [1.807, 2.05) is 0 Å². The fraction of sp³-hybridized carbons (Fsp3) is 0.815. The zero-order valence-corrected chi connectivity index (χ0v) is 20.7. The summed E-state index contributed by atoms with van der Waals surface area (Å²) in [5.41, 5.74) is 0. The van der Waals surface area contributed by atoms with Gasteiger partial charge in [0.15, 0.2) is 0 Å². The van der Waals surface area contributed by atoms with Crippen molar-refractivity contribution in [2.75, 3.05) is 33.9 Å². The highest BCUT2D eigenvalue weighted by Gasteiger charge is 2.26. The van der Waals surface area contributed by atoms with Crippen molar-refractivity contribution in [3.8, 4) is 0 Å². The van der Waals surface area contributed by atoms with E-state index in [0.29, 0.717) is 18.9 Å². The Kier molecular flexibility index (Phi) is 17.6. The molecule has 2 unspecified atom stereocenters. The molecule has 0 bridgehead atoms. The quantitative estimate of drug-likeness (QED) is 0.129. The highest BCUT2D eigenvalue weighted by atomic mass is 16.6. The molecule has 0 amide bonds. The smallest absolute Gasteiger partial charge is 0.305 e. The number of ether oxygens (including phenoxy) is 2. The van der Waals surface area contributed by atoms with E-state index in [9.17, 15) is 4.79 Å². The Labute approximate surface area is 192 Å². The Bertz CT molecular complexity index is 487. The van der Waals surface area contributed by atoms with Crippen molar-refractivity contribution in [2.24, 2.45) is 5.92 Å². The second kappa shape index (κ2) is 19.5. The van der Waals surface area contributed by atoms with Crippen LogP contribution < -0.4 is 0 Å². The van der Waals surface area contributed by atoms with E-state index in [0.717, 1.165) is 45.3 Å². The molecule has 4 nitrogen and oxygen atoms in total. The van der Waals surface area contributed by atoms with Crippen LogP contribution in [0.15, 0.2) is 24.3 Å². The summed E-state index contributed by atoms with van der Waals surface area (Å²) < 4.78 is 11.2. The molecule has 0 N–H and O–H groups in total. The molecule has 1 aliphatic rings. The predicted molar refractivity (Wildman–Crippen MR) is 131 cm³/mol. The molecule has 0 radical (unpaired) electrons. The van der Waals surface area contributed by atoms with Gasteiger partial charge < -0.3 is 14.4 Å². The fourth-order valence-corrected chi connectivity index (χ4v) is 3.88. The van der Waals surface area contributed by atoms with Gasteiger partial charge in [-0.05, 0) is 77.9 Å². The number of esters is 1. The van der Waals surface area contributed by atoms with Crippen LogP contribution in [-0.4, -0.2) is 50.8 Å². The van der Waals surface area contributed by atoms with Gasteiger partial charge in [0.25, 0.3) is 0 Å². The number of allylic oxidation sites excluding steroid dienone is 4. The molecule has 0 aromatic heterocycles. The van der Waals surface area contributed by atoms with Gasteiger partial charge in [0.1, 0.15) is 6.61 Å². The largest absolute Gasteiger partial charge is 0.463 e. The molecule has 1 fully saturated rings. The summed E-state index contributed by atoms with van der Waals surface area (Å²) in [6.07, 6.45) is 25.2. The van der Waals surface area contributed by atoms with Gasteiger partial charge in [-0.25, -0.2) is 0 Å². The Morgan fingerprint density at radius 2 is 1.65 bits per heavy atom. The fourth-order valence-electron chi connectivity index (χ4n) is 3.88. The third kappa shape index (κ3) is 17.1. The molecule has 1 rings (SSSR count). The van der Waals surface area contributed by atoms with Crippen LogP contribution in [0.25, 0.3) is 0 Å². The molecule has 31 heavy (non-hydrogen) atoms. The summed E-state index contributed by atoms with van der Waals surface area (Å²) in [5.74, 6) is 0.541. The molecule has 1 saturated heterocycles. The first kappa shape index (κ1) is 27.9. The van der Waals surface area contributed by atoms with E-state index in [1.54, 1.807) is 0 Å². The first-order chi connectivity index (χ1) is 15.1. The Morgan fingerprint density at radius 1 is 0.968 bits per heavy atom. The average molecular weight is 436 g/mol. The molecular weight excluding hydrogens is 386 g/mol. The summed E-state index contributed by atoms with van der Waals surface area (Å²) >= 11 is 0. The third-order valence-electron chi connectivity index (χ3n) is 5.91. The monoisotopic (exact) mass is 435 g/mol. The van der Waals surface area contributed by atoms with Crippen LogP contribution in [0.5, 0.6) is 0 Å². The molecule has 4 heteroatoms. The molecule has 180 valence electrons. The summed E-state index contributed by atoms with van der Waals surface area (Å²) in [6.45, 7) is 4.57. The van der Waals surface area contributed by atoms with Crippen molar-refractivity contribution in [1.82, 2.24) is 4.90 Å². The van der Waals surface area contributed by atoms with E-state index in [4.69, 9.17) is 9.47 Å². The van der Waals surface area contributed by atoms with E-state index in [1.165, 1.54) is 51.4 Å². The lowest BCUT2D eigenvalue weighted by Crippen LogP contribution is -2.19. The molecule has 0 aromatic rings. The SMILES string of the molecule is CCCCC/C=C\C/C=C\CCCCCCCC(=O)OCC1CC(CCN(C)C)CO1. The number of nitrogens with zero attached hydrogens (tertiary/aromatic N) is 1. The van der Waals surface area contributed by atoms with E-state index in [-0.39, 0.29) is 12.1 Å². The van der Waals surface area contributed by atoms with E-state index >= 15 is 0 Å². The maximum atomic E-state index is 11.9. The van der Waals surface area contributed by atoms with Gasteiger partial charge in [0.05, 0.1) is 12.7 Å². The number of unbranched alkanes of at least 4 members (excludes halogenated alkanes) is 8. The van der Waals surface area contributed by atoms with Crippen molar-refractivity contribution in [3.05, 3.63) is 24.3 Å². The lowest BCUT2D eigenvalue weighted by molar-refractivity contribution is -0.147. The molecule has 0 aliphatic carbocycles. The molecule has 1 aliphatic heterocycles. The summed E-state index contributed by atoms with van der Waals surface area (Å²) in [7, 11) is 4.20. The molecule has 0 saturated carbocycles. The lowest BCUT2D eigenvalue weighted by atomic mass is 10.0.